The van der Waals surface area contributed by atoms with Gasteiger partial charge in [-0.2, -0.15) is 0 Å². The quantitative estimate of drug-likeness (QED) is 0.637. The average molecular weight is 200 g/mol. The van der Waals surface area contributed by atoms with Crippen molar-refractivity contribution in [1.82, 2.24) is 0 Å². The lowest BCUT2D eigenvalue weighted by Crippen LogP contribution is -2.26. The Balaban J connectivity index is 3.76. The molecule has 0 spiro atoms. The van der Waals surface area contributed by atoms with Gasteiger partial charge >= 0.3 is 7.12 Å². The third kappa shape index (κ3) is 8.29. The Bertz CT molecular complexity index is 176. The SMILES string of the molecule is CC(C)CC(C)(C)OCC=CB(O)O. The van der Waals surface area contributed by atoms with Gasteiger partial charge in [0.25, 0.3) is 0 Å². The second-order valence-electron chi connectivity index (χ2n) is 4.51. The maximum atomic E-state index is 8.54. The van der Waals surface area contributed by atoms with Gasteiger partial charge in [-0.1, -0.05) is 25.9 Å². The number of ether oxygens (including phenoxy) is 1. The fourth-order valence-electron chi connectivity index (χ4n) is 1.49. The molecule has 0 unspecified atom stereocenters. The summed E-state index contributed by atoms with van der Waals surface area (Å²) in [6.07, 6.45) is 2.61. The summed E-state index contributed by atoms with van der Waals surface area (Å²) in [7, 11) is -1.38. The van der Waals surface area contributed by atoms with Crippen LogP contribution in [0.5, 0.6) is 0 Å². The first-order valence-corrected chi connectivity index (χ1v) is 5.00. The Morgan fingerprint density at radius 1 is 1.36 bits per heavy atom. The predicted octanol–water partition coefficient (Wildman–Crippen LogP) is 1.40. The van der Waals surface area contributed by atoms with Crippen molar-refractivity contribution in [2.24, 2.45) is 5.92 Å². The van der Waals surface area contributed by atoms with E-state index in [9.17, 15) is 0 Å². The minimum Gasteiger partial charge on any atom is -0.424 e. The minimum atomic E-state index is -1.38. The number of hydrogen-bond acceptors (Lipinski definition) is 3. The van der Waals surface area contributed by atoms with E-state index in [2.05, 4.69) is 13.8 Å². The van der Waals surface area contributed by atoms with E-state index in [0.29, 0.717) is 12.5 Å². The summed E-state index contributed by atoms with van der Waals surface area (Å²) >= 11 is 0. The Labute approximate surface area is 86.9 Å². The molecule has 0 amide bonds. The highest BCUT2D eigenvalue weighted by molar-refractivity contribution is 6.47. The second kappa shape index (κ2) is 6.22. The van der Waals surface area contributed by atoms with E-state index in [1.807, 2.05) is 13.8 Å². The van der Waals surface area contributed by atoms with Crippen LogP contribution in [0.3, 0.4) is 0 Å². The molecule has 0 atom stereocenters. The molecule has 0 saturated heterocycles. The molecule has 0 aliphatic rings. The van der Waals surface area contributed by atoms with Crippen LogP contribution in [0.4, 0.5) is 0 Å². The molecule has 2 N–H and O–H groups in total. The molecule has 0 bridgehead atoms. The van der Waals surface area contributed by atoms with Crippen molar-refractivity contribution in [3.8, 4) is 0 Å². The van der Waals surface area contributed by atoms with Gasteiger partial charge in [-0.15, -0.1) is 0 Å². The van der Waals surface area contributed by atoms with Gasteiger partial charge in [-0.05, 0) is 26.2 Å². The van der Waals surface area contributed by atoms with Crippen LogP contribution < -0.4 is 0 Å². The maximum Gasteiger partial charge on any atom is 0.480 e. The van der Waals surface area contributed by atoms with Crippen LogP contribution in [0.15, 0.2) is 12.1 Å². The predicted molar refractivity (Wildman–Crippen MR) is 58.8 cm³/mol. The van der Waals surface area contributed by atoms with Crippen LogP contribution in [0.25, 0.3) is 0 Å². The standard InChI is InChI=1S/C10H21BO3/c1-9(2)8-10(3,4)14-7-5-6-11(12)13/h5-6,9,12-13H,7-8H2,1-4H3. The van der Waals surface area contributed by atoms with Crippen molar-refractivity contribution in [1.29, 1.82) is 0 Å². The monoisotopic (exact) mass is 200 g/mol. The highest BCUT2D eigenvalue weighted by atomic mass is 16.5. The Kier molecular flexibility index (Phi) is 6.08. The zero-order valence-corrected chi connectivity index (χ0v) is 9.53. The molecular weight excluding hydrogens is 179 g/mol. The smallest absolute Gasteiger partial charge is 0.424 e. The molecule has 0 aliphatic carbocycles. The molecule has 0 saturated carbocycles. The van der Waals surface area contributed by atoms with Crippen molar-refractivity contribution in [3.05, 3.63) is 12.1 Å². The fraction of sp³-hybridized carbons (Fsp3) is 0.800. The van der Waals surface area contributed by atoms with Crippen LogP contribution in [0.2, 0.25) is 0 Å². The largest absolute Gasteiger partial charge is 0.480 e. The van der Waals surface area contributed by atoms with E-state index in [-0.39, 0.29) is 5.60 Å². The van der Waals surface area contributed by atoms with Gasteiger partial charge < -0.3 is 14.8 Å². The summed E-state index contributed by atoms with van der Waals surface area (Å²) < 4.78 is 5.58. The highest BCUT2D eigenvalue weighted by Crippen LogP contribution is 2.19. The zero-order valence-electron chi connectivity index (χ0n) is 9.53. The van der Waals surface area contributed by atoms with E-state index >= 15 is 0 Å². The first kappa shape index (κ1) is 13.7. The van der Waals surface area contributed by atoms with Crippen LogP contribution >= 0.6 is 0 Å². The molecule has 0 aliphatic heterocycles. The third-order valence-electron chi connectivity index (χ3n) is 1.78. The van der Waals surface area contributed by atoms with E-state index < -0.39 is 7.12 Å². The van der Waals surface area contributed by atoms with E-state index in [1.54, 1.807) is 6.08 Å². The van der Waals surface area contributed by atoms with E-state index in [4.69, 9.17) is 14.8 Å². The molecule has 0 radical (unpaired) electrons. The van der Waals surface area contributed by atoms with Crippen molar-refractivity contribution in [2.45, 2.75) is 39.7 Å². The Hall–Kier alpha value is -0.315. The third-order valence-corrected chi connectivity index (χ3v) is 1.78. The minimum absolute atomic E-state index is 0.154. The van der Waals surface area contributed by atoms with Gasteiger partial charge in [0, 0.05) is 0 Å². The summed E-state index contributed by atoms with van der Waals surface area (Å²) in [6, 6.07) is 0. The topological polar surface area (TPSA) is 49.7 Å². The summed E-state index contributed by atoms with van der Waals surface area (Å²) in [4.78, 5) is 0. The first-order valence-electron chi connectivity index (χ1n) is 5.00. The summed E-state index contributed by atoms with van der Waals surface area (Å²) in [5.74, 6) is 1.89. The van der Waals surface area contributed by atoms with Gasteiger partial charge in [-0.3, -0.25) is 0 Å². The van der Waals surface area contributed by atoms with Gasteiger partial charge in [0.2, 0.25) is 0 Å². The summed E-state index contributed by atoms with van der Waals surface area (Å²) in [5.41, 5.74) is -0.154. The summed E-state index contributed by atoms with van der Waals surface area (Å²) in [6.45, 7) is 8.79. The van der Waals surface area contributed by atoms with Crippen molar-refractivity contribution in [3.63, 3.8) is 0 Å². The van der Waals surface area contributed by atoms with Gasteiger partial charge in [0.15, 0.2) is 0 Å². The number of rotatable bonds is 6. The van der Waals surface area contributed by atoms with Crippen LogP contribution in [0.1, 0.15) is 34.1 Å². The van der Waals surface area contributed by atoms with Crippen molar-refractivity contribution in [2.75, 3.05) is 6.61 Å². The first-order chi connectivity index (χ1) is 6.33. The molecule has 0 aromatic carbocycles. The van der Waals surface area contributed by atoms with Gasteiger partial charge in [-0.25, -0.2) is 0 Å². The van der Waals surface area contributed by atoms with Crippen LogP contribution in [0, 0.1) is 5.92 Å². The normalized spacial score (nSPS) is 12.8. The van der Waals surface area contributed by atoms with Gasteiger partial charge in [0.1, 0.15) is 0 Å². The Morgan fingerprint density at radius 2 is 1.93 bits per heavy atom. The molecule has 14 heavy (non-hydrogen) atoms. The number of hydrogen-bond donors (Lipinski definition) is 2. The molecule has 4 heteroatoms. The van der Waals surface area contributed by atoms with E-state index in [0.717, 1.165) is 6.42 Å². The van der Waals surface area contributed by atoms with Crippen LogP contribution in [-0.2, 0) is 4.74 Å². The van der Waals surface area contributed by atoms with Crippen LogP contribution in [-0.4, -0.2) is 29.4 Å². The lowest BCUT2D eigenvalue weighted by molar-refractivity contribution is -0.0159. The molecule has 3 nitrogen and oxygen atoms in total. The van der Waals surface area contributed by atoms with Crippen molar-refractivity contribution < 1.29 is 14.8 Å². The molecule has 82 valence electrons. The molecule has 0 heterocycles. The van der Waals surface area contributed by atoms with Crippen molar-refractivity contribution >= 4 is 7.12 Å². The molecule has 0 aromatic heterocycles. The molecule has 0 fully saturated rings. The zero-order chi connectivity index (χ0) is 11.2. The Morgan fingerprint density at radius 3 is 2.36 bits per heavy atom. The molecule has 0 rings (SSSR count). The fourth-order valence-corrected chi connectivity index (χ4v) is 1.49. The van der Waals surface area contributed by atoms with E-state index in [1.165, 1.54) is 5.98 Å². The lowest BCUT2D eigenvalue weighted by atomic mass is 9.92. The molecular formula is C10H21BO3. The average Bonchev–Trinajstić information content (AvgIpc) is 1.95. The highest BCUT2D eigenvalue weighted by Gasteiger charge is 2.19. The maximum absolute atomic E-state index is 8.54. The van der Waals surface area contributed by atoms with Gasteiger partial charge in [0.05, 0.1) is 12.2 Å². The lowest BCUT2D eigenvalue weighted by Gasteiger charge is -2.26. The second-order valence-corrected chi connectivity index (χ2v) is 4.51. The molecule has 0 aromatic rings. The summed E-state index contributed by atoms with van der Waals surface area (Å²) in [5, 5.41) is 17.1.